The summed E-state index contributed by atoms with van der Waals surface area (Å²) in [7, 11) is 0. The minimum atomic E-state index is -0.507. The lowest BCUT2D eigenvalue weighted by Crippen LogP contribution is -2.46. The summed E-state index contributed by atoms with van der Waals surface area (Å²) >= 11 is 0. The minimum Gasteiger partial charge on any atom is -0.399 e. The van der Waals surface area contributed by atoms with Gasteiger partial charge < -0.3 is 25.4 Å². The van der Waals surface area contributed by atoms with E-state index in [-0.39, 0.29) is 37.4 Å². The summed E-state index contributed by atoms with van der Waals surface area (Å²) < 4.78 is 12.9. The number of benzene rings is 2. The van der Waals surface area contributed by atoms with E-state index in [1.165, 1.54) is 0 Å². The van der Waals surface area contributed by atoms with E-state index in [0.717, 1.165) is 42.6 Å². The van der Waals surface area contributed by atoms with Crippen molar-refractivity contribution in [1.82, 2.24) is 4.90 Å². The molecule has 0 spiro atoms. The molecule has 4 N–H and O–H groups in total. The molecule has 0 radical (unpaired) electrons. The van der Waals surface area contributed by atoms with Crippen LogP contribution in [0.5, 0.6) is 0 Å². The Morgan fingerprint density at radius 3 is 2.57 bits per heavy atom. The number of anilines is 1. The summed E-state index contributed by atoms with van der Waals surface area (Å²) in [6.45, 7) is 4.12. The molecule has 2 aromatic rings. The lowest BCUT2D eigenvalue weighted by atomic mass is 9.90. The molecular weight excluding hydrogens is 380 g/mol. The average molecular weight is 413 g/mol. The molecule has 0 bridgehead atoms. The highest BCUT2D eigenvalue weighted by molar-refractivity contribution is 5.41. The normalized spacial score (nSPS) is 29.9. The van der Waals surface area contributed by atoms with Gasteiger partial charge in [0.05, 0.1) is 25.4 Å². The SMILES string of the molecule is C[C@H]1[C@@H](CN2CCC[C@H]2CO)O[C@@H](c2cccc(N)c2)O[C@H]1c1ccc(CO)cc1. The zero-order chi connectivity index (χ0) is 21.1. The highest BCUT2D eigenvalue weighted by Crippen LogP contribution is 2.42. The maximum atomic E-state index is 9.73. The van der Waals surface area contributed by atoms with Crippen LogP contribution in [0, 0.1) is 5.92 Å². The van der Waals surface area contributed by atoms with Crippen molar-refractivity contribution in [1.29, 1.82) is 0 Å². The molecule has 5 atom stereocenters. The minimum absolute atomic E-state index is 0.0243. The highest BCUT2D eigenvalue weighted by Gasteiger charge is 2.40. The highest BCUT2D eigenvalue weighted by atomic mass is 16.7. The monoisotopic (exact) mass is 412 g/mol. The summed E-state index contributed by atoms with van der Waals surface area (Å²) in [6, 6.07) is 15.8. The first-order chi connectivity index (χ1) is 14.6. The molecule has 2 saturated heterocycles. The maximum Gasteiger partial charge on any atom is 0.185 e. The van der Waals surface area contributed by atoms with Gasteiger partial charge in [0.2, 0.25) is 0 Å². The molecule has 4 rings (SSSR count). The number of aliphatic hydroxyl groups is 2. The molecule has 2 aliphatic rings. The summed E-state index contributed by atoms with van der Waals surface area (Å²) in [5, 5.41) is 19.1. The number of ether oxygens (including phenoxy) is 2. The summed E-state index contributed by atoms with van der Waals surface area (Å²) in [6.07, 6.45) is 1.44. The molecule has 0 aromatic heterocycles. The molecule has 6 nitrogen and oxygen atoms in total. The van der Waals surface area contributed by atoms with Crippen LogP contribution in [-0.2, 0) is 16.1 Å². The van der Waals surface area contributed by atoms with Crippen molar-refractivity contribution in [2.24, 2.45) is 5.92 Å². The van der Waals surface area contributed by atoms with Crippen LogP contribution < -0.4 is 5.73 Å². The summed E-state index contributed by atoms with van der Waals surface area (Å²) in [4.78, 5) is 2.34. The van der Waals surface area contributed by atoms with Gasteiger partial charge in [-0.2, -0.15) is 0 Å². The molecule has 2 aliphatic heterocycles. The number of hydrogen-bond donors (Lipinski definition) is 3. The van der Waals surface area contributed by atoms with Gasteiger partial charge in [-0.05, 0) is 42.6 Å². The van der Waals surface area contributed by atoms with Crippen molar-refractivity contribution < 1.29 is 19.7 Å². The predicted octanol–water partition coefficient (Wildman–Crippen LogP) is 3.01. The summed E-state index contributed by atoms with van der Waals surface area (Å²) in [5.41, 5.74) is 9.54. The lowest BCUT2D eigenvalue weighted by Gasteiger charge is -2.43. The molecule has 162 valence electrons. The third-order valence-electron chi connectivity index (χ3n) is 6.43. The van der Waals surface area contributed by atoms with Gasteiger partial charge in [-0.25, -0.2) is 0 Å². The first-order valence-corrected chi connectivity index (χ1v) is 10.8. The lowest BCUT2D eigenvalue weighted by molar-refractivity contribution is -0.276. The van der Waals surface area contributed by atoms with E-state index in [1.54, 1.807) is 0 Å². The molecule has 0 aliphatic carbocycles. The fourth-order valence-corrected chi connectivity index (χ4v) is 4.61. The van der Waals surface area contributed by atoms with Gasteiger partial charge in [0.1, 0.15) is 0 Å². The van der Waals surface area contributed by atoms with Crippen LogP contribution in [0.3, 0.4) is 0 Å². The van der Waals surface area contributed by atoms with Crippen LogP contribution in [0.1, 0.15) is 48.8 Å². The van der Waals surface area contributed by atoms with E-state index < -0.39 is 6.29 Å². The fourth-order valence-electron chi connectivity index (χ4n) is 4.61. The maximum absolute atomic E-state index is 9.73. The first-order valence-electron chi connectivity index (χ1n) is 10.8. The Hall–Kier alpha value is -1.96. The Kier molecular flexibility index (Phi) is 6.71. The van der Waals surface area contributed by atoms with Gasteiger partial charge in [-0.1, -0.05) is 43.3 Å². The van der Waals surface area contributed by atoms with Gasteiger partial charge in [0, 0.05) is 29.8 Å². The van der Waals surface area contributed by atoms with Crippen molar-refractivity contribution in [2.75, 3.05) is 25.4 Å². The molecule has 2 heterocycles. The van der Waals surface area contributed by atoms with Crippen molar-refractivity contribution in [3.05, 3.63) is 65.2 Å². The van der Waals surface area contributed by atoms with Gasteiger partial charge in [0.15, 0.2) is 6.29 Å². The molecule has 0 amide bonds. The van der Waals surface area contributed by atoms with Gasteiger partial charge in [-0.3, -0.25) is 4.90 Å². The Bertz CT molecular complexity index is 828. The predicted molar refractivity (Wildman–Crippen MR) is 116 cm³/mol. The fraction of sp³-hybridized carbons (Fsp3) is 0.500. The Morgan fingerprint density at radius 2 is 1.87 bits per heavy atom. The molecule has 0 unspecified atom stereocenters. The van der Waals surface area contributed by atoms with Crippen LogP contribution in [0.4, 0.5) is 5.69 Å². The molecule has 2 aromatic carbocycles. The Balaban J connectivity index is 1.61. The quantitative estimate of drug-likeness (QED) is 0.632. The Morgan fingerprint density at radius 1 is 1.07 bits per heavy atom. The largest absolute Gasteiger partial charge is 0.399 e. The standard InChI is InChI=1S/C24H32N2O4/c1-16-22(13-26-11-3-6-21(26)15-28)29-24(19-4-2-5-20(25)12-19)30-23(16)18-9-7-17(14-27)8-10-18/h2,4-5,7-10,12,16,21-24,27-28H,3,6,11,13-15,25H2,1H3/t16-,21-,22+,23+,24+/m0/s1. The third-order valence-corrected chi connectivity index (χ3v) is 6.43. The first kappa shape index (κ1) is 21.3. The van der Waals surface area contributed by atoms with Crippen molar-refractivity contribution in [3.63, 3.8) is 0 Å². The molecule has 30 heavy (non-hydrogen) atoms. The topological polar surface area (TPSA) is 88.2 Å². The second-order valence-corrected chi connectivity index (χ2v) is 8.47. The van der Waals surface area contributed by atoms with Crippen LogP contribution in [0.15, 0.2) is 48.5 Å². The van der Waals surface area contributed by atoms with Crippen molar-refractivity contribution in [3.8, 4) is 0 Å². The van der Waals surface area contributed by atoms with E-state index in [4.69, 9.17) is 15.2 Å². The Labute approximate surface area is 178 Å². The van der Waals surface area contributed by atoms with Crippen LogP contribution in [-0.4, -0.2) is 47.0 Å². The van der Waals surface area contributed by atoms with Gasteiger partial charge in [0.25, 0.3) is 0 Å². The van der Waals surface area contributed by atoms with Gasteiger partial charge in [-0.15, -0.1) is 0 Å². The number of rotatable bonds is 6. The number of nitrogens with zero attached hydrogens (tertiary/aromatic N) is 1. The second kappa shape index (κ2) is 9.45. The summed E-state index contributed by atoms with van der Waals surface area (Å²) in [5.74, 6) is 0.127. The van der Waals surface area contributed by atoms with Crippen LogP contribution in [0.2, 0.25) is 0 Å². The van der Waals surface area contributed by atoms with E-state index in [2.05, 4.69) is 11.8 Å². The zero-order valence-corrected chi connectivity index (χ0v) is 17.5. The average Bonchev–Trinajstić information content (AvgIpc) is 3.22. The van der Waals surface area contributed by atoms with E-state index in [0.29, 0.717) is 5.69 Å². The smallest absolute Gasteiger partial charge is 0.185 e. The second-order valence-electron chi connectivity index (χ2n) is 8.47. The van der Waals surface area contributed by atoms with Crippen molar-refractivity contribution in [2.45, 2.75) is 50.9 Å². The van der Waals surface area contributed by atoms with E-state index in [9.17, 15) is 10.2 Å². The van der Waals surface area contributed by atoms with Crippen molar-refractivity contribution >= 4 is 5.69 Å². The van der Waals surface area contributed by atoms with Crippen LogP contribution >= 0.6 is 0 Å². The number of nitrogen functional groups attached to an aromatic ring is 1. The third kappa shape index (κ3) is 4.53. The number of hydrogen-bond acceptors (Lipinski definition) is 6. The van der Waals surface area contributed by atoms with Crippen LogP contribution in [0.25, 0.3) is 0 Å². The molecule has 6 heteroatoms. The van der Waals surface area contributed by atoms with Gasteiger partial charge >= 0.3 is 0 Å². The zero-order valence-electron chi connectivity index (χ0n) is 17.5. The van der Waals surface area contributed by atoms with E-state index in [1.807, 2.05) is 48.5 Å². The van der Waals surface area contributed by atoms with E-state index >= 15 is 0 Å². The number of likely N-dealkylation sites (tertiary alicyclic amines) is 1. The molecule has 2 fully saturated rings. The molecular formula is C24H32N2O4. The number of nitrogens with two attached hydrogens (primary N) is 1. The number of aliphatic hydroxyl groups excluding tert-OH is 2. The molecule has 0 saturated carbocycles.